The Morgan fingerprint density at radius 2 is 1.64 bits per heavy atom. The lowest BCUT2D eigenvalue weighted by atomic mass is 9.84. The second-order valence-corrected chi connectivity index (χ2v) is 16.1. The average Bonchev–Trinajstić information content (AvgIpc) is 3.84. The fourth-order valence-electron chi connectivity index (χ4n) is 8.51. The highest BCUT2D eigenvalue weighted by atomic mass is 32.1. The minimum Gasteiger partial charge on any atom is -0.370 e. The van der Waals surface area contributed by atoms with Crippen molar-refractivity contribution < 1.29 is 28.8 Å². The Bertz CT molecular complexity index is 1760. The maximum atomic E-state index is 15.1. The molecule has 1 saturated carbocycles. The zero-order valence-corrected chi connectivity index (χ0v) is 32.2. The van der Waals surface area contributed by atoms with E-state index in [9.17, 15) is 24.0 Å². The van der Waals surface area contributed by atoms with Gasteiger partial charge in [0.05, 0.1) is 0 Å². The van der Waals surface area contributed by atoms with Gasteiger partial charge in [-0.25, -0.2) is 0 Å². The van der Waals surface area contributed by atoms with Crippen molar-refractivity contribution in [3.63, 3.8) is 0 Å². The Morgan fingerprint density at radius 3 is 2.40 bits per heavy atom. The molecular weight excluding hydrogens is 723 g/mol. The van der Waals surface area contributed by atoms with Gasteiger partial charge in [-0.3, -0.25) is 33.8 Å². The van der Waals surface area contributed by atoms with Crippen molar-refractivity contribution in [3.8, 4) is 0 Å². The molecule has 0 unspecified atom stereocenters. The van der Waals surface area contributed by atoms with E-state index in [-0.39, 0.29) is 81.5 Å². The minimum absolute atomic E-state index is 0.0291. The first-order valence-electron chi connectivity index (χ1n) is 19.4. The van der Waals surface area contributed by atoms with Crippen LogP contribution in [0.25, 0.3) is 0 Å². The van der Waals surface area contributed by atoms with Crippen LogP contribution in [0.15, 0.2) is 46.8 Å². The highest BCUT2D eigenvalue weighted by Crippen LogP contribution is 2.41. The molecule has 15 nitrogen and oxygen atoms in total. The van der Waals surface area contributed by atoms with Gasteiger partial charge in [-0.1, -0.05) is 43.2 Å². The third kappa shape index (κ3) is 9.64. The zero-order valence-electron chi connectivity index (χ0n) is 31.3. The summed E-state index contributed by atoms with van der Waals surface area (Å²) in [5.74, 6) is -2.48. The van der Waals surface area contributed by atoms with E-state index in [2.05, 4.69) is 26.3 Å². The van der Waals surface area contributed by atoms with Crippen molar-refractivity contribution in [1.29, 1.82) is 0 Å². The molecule has 2 aromatic rings. The van der Waals surface area contributed by atoms with Crippen molar-refractivity contribution in [3.05, 3.63) is 57.8 Å². The Hall–Kier alpha value is -4.99. The summed E-state index contributed by atoms with van der Waals surface area (Å²) in [6, 6.07) is 6.54. The van der Waals surface area contributed by atoms with E-state index >= 15 is 4.79 Å². The quantitative estimate of drug-likeness (QED) is 0.140. The second kappa shape index (κ2) is 18.1. The second-order valence-electron chi connectivity index (χ2n) is 15.1. The lowest BCUT2D eigenvalue weighted by Crippen LogP contribution is -2.62. The number of rotatable bonds is 6. The van der Waals surface area contributed by atoms with Crippen LogP contribution in [-0.2, 0) is 48.2 Å². The molecule has 3 fully saturated rings. The number of hydrogen-bond donors (Lipinski definition) is 6. The lowest BCUT2D eigenvalue weighted by molar-refractivity contribution is -0.152. The summed E-state index contributed by atoms with van der Waals surface area (Å²) < 4.78 is 0. The molecule has 55 heavy (non-hydrogen) atoms. The van der Waals surface area contributed by atoms with Crippen molar-refractivity contribution in [2.75, 3.05) is 13.1 Å². The van der Waals surface area contributed by atoms with Gasteiger partial charge in [0.15, 0.2) is 5.96 Å². The molecule has 1 aromatic heterocycles. The minimum atomic E-state index is -1.02. The van der Waals surface area contributed by atoms with E-state index in [0.717, 1.165) is 41.7 Å². The van der Waals surface area contributed by atoms with Gasteiger partial charge in [0, 0.05) is 49.8 Å². The fourth-order valence-corrected chi connectivity index (χ4v) is 9.26. The van der Waals surface area contributed by atoms with Gasteiger partial charge >= 0.3 is 0 Å². The van der Waals surface area contributed by atoms with Crippen LogP contribution in [-0.4, -0.2) is 101 Å². The Balaban J connectivity index is 1.34. The number of aliphatic imine (C=N–C) groups is 1. The van der Waals surface area contributed by atoms with Crippen molar-refractivity contribution in [2.45, 2.75) is 120 Å². The summed E-state index contributed by atoms with van der Waals surface area (Å²) in [4.78, 5) is 92.5. The zero-order chi connectivity index (χ0) is 39.1. The summed E-state index contributed by atoms with van der Waals surface area (Å²) in [6.45, 7) is 2.15. The molecule has 16 heteroatoms. The monoisotopic (exact) mass is 775 g/mol. The van der Waals surface area contributed by atoms with E-state index in [1.54, 1.807) is 11.8 Å². The van der Waals surface area contributed by atoms with E-state index in [0.29, 0.717) is 12.8 Å². The first-order valence-corrected chi connectivity index (χ1v) is 20.3. The van der Waals surface area contributed by atoms with Crippen LogP contribution in [0.3, 0.4) is 0 Å². The van der Waals surface area contributed by atoms with Crippen LogP contribution in [0.4, 0.5) is 0 Å². The maximum absolute atomic E-state index is 15.1. The predicted octanol–water partition coefficient (Wildman–Crippen LogP) is 0.842. The average molecular weight is 776 g/mol. The van der Waals surface area contributed by atoms with Gasteiger partial charge in [-0.05, 0) is 73.9 Å². The summed E-state index contributed by atoms with van der Waals surface area (Å²) >= 11 is 1.46. The molecule has 3 aliphatic heterocycles. The van der Waals surface area contributed by atoms with Crippen LogP contribution in [0.5, 0.6) is 0 Å². The van der Waals surface area contributed by atoms with Crippen LogP contribution < -0.4 is 32.7 Å². The summed E-state index contributed by atoms with van der Waals surface area (Å²) in [5.41, 5.74) is 12.9. The maximum Gasteiger partial charge on any atom is 0.246 e. The highest BCUT2D eigenvalue weighted by Gasteiger charge is 2.51. The summed E-state index contributed by atoms with van der Waals surface area (Å²) in [6.07, 6.45) is 5.40. The molecule has 6 amide bonds. The standard InChI is InChI=1S/C39H53N9O6S/c1-23-37(53)47-22-26-11-3-2-9-24(26)19-32(47)38(54)48-30-14-5-4-10-25(30)20-31(48)36(52)46-28(13-6-17-43-39(40)41)34(50)42-16-7-15-33(49)45-29(35(51)44-23)21-27-12-8-18-55-27/h2-3,8-9,11-12,18,23,25,28-32H,4-7,10,13-17,19-22H2,1H3,(H,42,50)(H,44,51)(H,45,49)(H,46,52)(H4,40,41,43)/t23-,25-,28-,29-,30-,31-,32+/m0/s1. The number of amides is 6. The number of nitrogens with two attached hydrogens (primary N) is 2. The van der Waals surface area contributed by atoms with Gasteiger partial charge in [0.1, 0.15) is 30.2 Å². The molecule has 0 spiro atoms. The largest absolute Gasteiger partial charge is 0.370 e. The number of carbonyl (C=O) groups is 6. The number of carbonyl (C=O) groups excluding carboxylic acids is 6. The molecule has 0 bridgehead atoms. The van der Waals surface area contributed by atoms with Crippen LogP contribution in [0, 0.1) is 5.92 Å². The van der Waals surface area contributed by atoms with Gasteiger partial charge < -0.3 is 42.5 Å². The normalized spacial score (nSPS) is 28.3. The fraction of sp³-hybridized carbons (Fsp3) is 0.564. The Kier molecular flexibility index (Phi) is 13.1. The first-order chi connectivity index (χ1) is 26.5. The van der Waals surface area contributed by atoms with E-state index < -0.39 is 53.8 Å². The van der Waals surface area contributed by atoms with E-state index in [1.165, 1.54) is 16.2 Å². The molecule has 1 aromatic carbocycles. The number of nitrogens with one attached hydrogen (secondary N) is 4. The SMILES string of the molecule is C[C@@H]1NC(=O)[C@H](Cc2cccs2)NC(=O)CCCNC(=O)[C@H](CCCN=C(N)N)NC(=O)[C@@H]2C[C@@H]3CCCC[C@@H]3N2C(=O)[C@H]2Cc3ccccc3CN2C1=O. The van der Waals surface area contributed by atoms with Gasteiger partial charge in [-0.15, -0.1) is 11.3 Å². The van der Waals surface area contributed by atoms with Crippen LogP contribution in [0.2, 0.25) is 0 Å². The number of guanidine groups is 1. The Labute approximate surface area is 325 Å². The lowest BCUT2D eigenvalue weighted by Gasteiger charge is -2.42. The van der Waals surface area contributed by atoms with E-state index in [1.807, 2.05) is 41.8 Å². The molecule has 4 aliphatic rings. The van der Waals surface area contributed by atoms with Gasteiger partial charge in [0.25, 0.3) is 0 Å². The third-order valence-corrected chi connectivity index (χ3v) is 12.2. The molecule has 4 heterocycles. The smallest absolute Gasteiger partial charge is 0.246 e. The highest BCUT2D eigenvalue weighted by molar-refractivity contribution is 7.09. The predicted molar refractivity (Wildman–Crippen MR) is 207 cm³/mol. The van der Waals surface area contributed by atoms with Gasteiger partial charge in [0.2, 0.25) is 35.4 Å². The number of thiophene rings is 1. The van der Waals surface area contributed by atoms with E-state index in [4.69, 9.17) is 11.5 Å². The number of hydrogen-bond acceptors (Lipinski definition) is 8. The molecule has 1 aliphatic carbocycles. The molecule has 296 valence electrons. The topological polar surface area (TPSA) is 221 Å². The van der Waals surface area contributed by atoms with Crippen molar-refractivity contribution >= 4 is 52.7 Å². The summed E-state index contributed by atoms with van der Waals surface area (Å²) in [5, 5.41) is 13.4. The Morgan fingerprint density at radius 1 is 0.855 bits per heavy atom. The van der Waals surface area contributed by atoms with Crippen molar-refractivity contribution in [1.82, 2.24) is 31.1 Å². The molecule has 6 rings (SSSR count). The van der Waals surface area contributed by atoms with Crippen LogP contribution >= 0.6 is 11.3 Å². The number of benzene rings is 1. The molecular formula is C39H53N9O6S. The molecule has 8 N–H and O–H groups in total. The third-order valence-electron chi connectivity index (χ3n) is 11.3. The summed E-state index contributed by atoms with van der Waals surface area (Å²) in [7, 11) is 0. The molecule has 2 saturated heterocycles. The van der Waals surface area contributed by atoms with Gasteiger partial charge in [-0.2, -0.15) is 0 Å². The van der Waals surface area contributed by atoms with Crippen LogP contribution in [0.1, 0.15) is 80.7 Å². The molecule has 7 atom stereocenters. The number of nitrogens with zero attached hydrogens (tertiary/aromatic N) is 3. The van der Waals surface area contributed by atoms with Crippen molar-refractivity contribution in [2.24, 2.45) is 22.4 Å². The number of fused-ring (bicyclic) bond motifs is 5. The molecule has 0 radical (unpaired) electrons. The first kappa shape index (κ1) is 39.7.